The molecule has 0 saturated heterocycles. The minimum Gasteiger partial charge on any atom is -0.398 e. The lowest BCUT2D eigenvalue weighted by atomic mass is 10.2. The van der Waals surface area contributed by atoms with E-state index >= 15 is 0 Å². The minimum absolute atomic E-state index is 0.890. The van der Waals surface area contributed by atoms with Crippen LogP contribution in [0.3, 0.4) is 0 Å². The van der Waals surface area contributed by atoms with Gasteiger partial charge in [-0.1, -0.05) is 0 Å². The number of hydrogen-bond acceptors (Lipinski definition) is 3. The number of anilines is 1. The molecule has 1 nitrogen and oxygen atoms in total. The van der Waals surface area contributed by atoms with Gasteiger partial charge >= 0.3 is 0 Å². The van der Waals surface area contributed by atoms with Crippen molar-refractivity contribution >= 4 is 61.5 Å². The lowest BCUT2D eigenvalue weighted by molar-refractivity contribution is 1.72. The van der Waals surface area contributed by atoms with Crippen LogP contribution in [0.1, 0.15) is 0 Å². The van der Waals surface area contributed by atoms with Crippen LogP contribution in [0.5, 0.6) is 0 Å². The first-order valence-electron chi connectivity index (χ1n) is 3.74. The molecule has 1 aromatic heterocycles. The zero-order chi connectivity index (χ0) is 9.42. The summed E-state index contributed by atoms with van der Waals surface area (Å²) in [6.07, 6.45) is 2.09. The molecule has 0 bridgehead atoms. The molecule has 0 atom stereocenters. The normalized spacial score (nSPS) is 10.9. The Morgan fingerprint density at radius 1 is 1.46 bits per heavy atom. The van der Waals surface area contributed by atoms with E-state index in [2.05, 4.69) is 41.0 Å². The van der Waals surface area contributed by atoms with E-state index in [9.17, 15) is 0 Å². The van der Waals surface area contributed by atoms with Crippen molar-refractivity contribution in [1.29, 1.82) is 0 Å². The molecule has 68 valence electrons. The summed E-state index contributed by atoms with van der Waals surface area (Å²) < 4.78 is 3.82. The molecule has 0 unspecified atom stereocenters. The van der Waals surface area contributed by atoms with E-state index in [-0.39, 0.29) is 0 Å². The number of benzene rings is 1. The van der Waals surface area contributed by atoms with Crippen LogP contribution in [0.4, 0.5) is 5.69 Å². The Bertz CT molecular complexity index is 411. The highest BCUT2D eigenvalue weighted by molar-refractivity contribution is 14.1. The van der Waals surface area contributed by atoms with Gasteiger partial charge in [0.2, 0.25) is 0 Å². The molecule has 0 saturated carbocycles. The standard InChI is InChI=1S/C9H8INS2/c1-12-8-4-5-6(10)2-3-7(11)9(5)13-8/h2-4H,11H2,1H3. The monoisotopic (exact) mass is 321 g/mol. The largest absolute Gasteiger partial charge is 0.398 e. The third-order valence-electron chi connectivity index (χ3n) is 1.84. The van der Waals surface area contributed by atoms with Gasteiger partial charge in [-0.3, -0.25) is 0 Å². The van der Waals surface area contributed by atoms with Gasteiger partial charge in [-0.05, 0) is 47.0 Å². The Kier molecular flexibility index (Phi) is 2.71. The number of hydrogen-bond donors (Lipinski definition) is 1. The summed E-state index contributed by atoms with van der Waals surface area (Å²) in [6, 6.07) is 6.25. The maximum absolute atomic E-state index is 5.89. The Hall–Kier alpha value is 0.0600. The zero-order valence-corrected chi connectivity index (χ0v) is 10.8. The first-order valence-corrected chi connectivity index (χ1v) is 6.86. The second-order valence-corrected chi connectivity index (χ2v) is 5.97. The Morgan fingerprint density at radius 3 is 2.85 bits per heavy atom. The number of thioether (sulfide) groups is 1. The van der Waals surface area contributed by atoms with Crippen molar-refractivity contribution < 1.29 is 0 Å². The zero-order valence-electron chi connectivity index (χ0n) is 7.00. The average molecular weight is 321 g/mol. The number of rotatable bonds is 1. The van der Waals surface area contributed by atoms with Crippen molar-refractivity contribution in [3.63, 3.8) is 0 Å². The van der Waals surface area contributed by atoms with Crippen molar-refractivity contribution in [1.82, 2.24) is 0 Å². The van der Waals surface area contributed by atoms with Gasteiger partial charge in [0, 0.05) is 14.6 Å². The van der Waals surface area contributed by atoms with Gasteiger partial charge in [-0.25, -0.2) is 0 Å². The SMILES string of the molecule is CSc1cc2c(I)ccc(N)c2s1. The van der Waals surface area contributed by atoms with E-state index in [0.29, 0.717) is 0 Å². The summed E-state index contributed by atoms with van der Waals surface area (Å²) in [5.41, 5.74) is 6.78. The molecule has 1 heterocycles. The predicted octanol–water partition coefficient (Wildman–Crippen LogP) is 3.81. The highest BCUT2D eigenvalue weighted by Gasteiger charge is 2.06. The second-order valence-electron chi connectivity index (χ2n) is 2.65. The van der Waals surface area contributed by atoms with Gasteiger partial charge < -0.3 is 5.73 Å². The topological polar surface area (TPSA) is 26.0 Å². The highest BCUT2D eigenvalue weighted by Crippen LogP contribution is 2.37. The number of fused-ring (bicyclic) bond motifs is 1. The Morgan fingerprint density at radius 2 is 2.23 bits per heavy atom. The smallest absolute Gasteiger partial charge is 0.0609 e. The van der Waals surface area contributed by atoms with Crippen LogP contribution in [0.25, 0.3) is 10.1 Å². The number of halogens is 1. The molecule has 1 aromatic carbocycles. The third kappa shape index (κ3) is 1.67. The van der Waals surface area contributed by atoms with Gasteiger partial charge in [0.15, 0.2) is 0 Å². The molecule has 0 aliphatic rings. The van der Waals surface area contributed by atoms with E-state index in [0.717, 1.165) is 5.69 Å². The van der Waals surface area contributed by atoms with Gasteiger partial charge in [0.1, 0.15) is 0 Å². The quantitative estimate of drug-likeness (QED) is 0.491. The number of nitrogen functional groups attached to an aromatic ring is 1. The average Bonchev–Trinajstić information content (AvgIpc) is 2.56. The molecule has 2 aromatic rings. The molecule has 0 aliphatic carbocycles. The first-order chi connectivity index (χ1) is 6.22. The van der Waals surface area contributed by atoms with Gasteiger partial charge in [0.05, 0.1) is 8.91 Å². The lowest BCUT2D eigenvalue weighted by Crippen LogP contribution is -1.84. The maximum Gasteiger partial charge on any atom is 0.0609 e. The number of thiophene rings is 1. The number of nitrogens with two attached hydrogens (primary N) is 1. The lowest BCUT2D eigenvalue weighted by Gasteiger charge is -1.96. The molecular weight excluding hydrogens is 313 g/mol. The van der Waals surface area contributed by atoms with Crippen LogP contribution >= 0.6 is 45.7 Å². The molecule has 0 spiro atoms. The van der Waals surface area contributed by atoms with Crippen molar-refractivity contribution in [2.75, 3.05) is 12.0 Å². The fraction of sp³-hybridized carbons (Fsp3) is 0.111. The molecule has 13 heavy (non-hydrogen) atoms. The Balaban J connectivity index is 2.80. The van der Waals surface area contributed by atoms with Crippen LogP contribution in [0.15, 0.2) is 22.4 Å². The van der Waals surface area contributed by atoms with Gasteiger partial charge in [-0.15, -0.1) is 23.1 Å². The fourth-order valence-corrected chi connectivity index (χ4v) is 3.64. The summed E-state index contributed by atoms with van der Waals surface area (Å²) in [5, 5.41) is 1.29. The van der Waals surface area contributed by atoms with Crippen LogP contribution in [0.2, 0.25) is 0 Å². The van der Waals surface area contributed by atoms with Crippen molar-refractivity contribution in [3.05, 3.63) is 21.8 Å². The molecule has 2 rings (SSSR count). The minimum atomic E-state index is 0.890. The molecular formula is C9H8INS2. The Labute approximate surface area is 98.8 Å². The summed E-state index contributed by atoms with van der Waals surface area (Å²) in [6.45, 7) is 0. The van der Waals surface area contributed by atoms with Crippen molar-refractivity contribution in [2.24, 2.45) is 0 Å². The predicted molar refractivity (Wildman–Crippen MR) is 70.7 cm³/mol. The molecule has 0 radical (unpaired) electrons. The molecule has 0 fully saturated rings. The summed E-state index contributed by atoms with van der Waals surface area (Å²) >= 11 is 5.89. The molecule has 4 heteroatoms. The summed E-state index contributed by atoms with van der Waals surface area (Å²) in [5.74, 6) is 0. The highest BCUT2D eigenvalue weighted by atomic mass is 127. The van der Waals surface area contributed by atoms with Crippen molar-refractivity contribution in [2.45, 2.75) is 4.21 Å². The summed E-state index contributed by atoms with van der Waals surface area (Å²) in [4.78, 5) is 0. The third-order valence-corrected chi connectivity index (χ3v) is 5.03. The van der Waals surface area contributed by atoms with Crippen LogP contribution < -0.4 is 5.73 Å². The van der Waals surface area contributed by atoms with E-state index in [1.54, 1.807) is 23.1 Å². The maximum atomic E-state index is 5.89. The van der Waals surface area contributed by atoms with E-state index in [1.807, 2.05) is 6.07 Å². The van der Waals surface area contributed by atoms with Crippen molar-refractivity contribution in [3.8, 4) is 0 Å². The van der Waals surface area contributed by atoms with Gasteiger partial charge in [-0.2, -0.15) is 0 Å². The molecule has 0 amide bonds. The second kappa shape index (κ2) is 3.67. The van der Waals surface area contributed by atoms with Crippen LogP contribution in [-0.4, -0.2) is 6.26 Å². The first kappa shape index (κ1) is 9.61. The molecule has 2 N–H and O–H groups in total. The van der Waals surface area contributed by atoms with E-state index < -0.39 is 0 Å². The van der Waals surface area contributed by atoms with E-state index in [1.165, 1.54) is 17.9 Å². The van der Waals surface area contributed by atoms with E-state index in [4.69, 9.17) is 5.73 Å². The van der Waals surface area contributed by atoms with Gasteiger partial charge in [0.25, 0.3) is 0 Å². The molecule has 0 aliphatic heterocycles. The van der Waals surface area contributed by atoms with Crippen LogP contribution in [0, 0.1) is 3.57 Å². The fourth-order valence-electron chi connectivity index (χ4n) is 1.19. The summed E-state index contributed by atoms with van der Waals surface area (Å²) in [7, 11) is 0. The van der Waals surface area contributed by atoms with Crippen LogP contribution in [-0.2, 0) is 0 Å².